The fourth-order valence-corrected chi connectivity index (χ4v) is 1.65. The first-order chi connectivity index (χ1) is 7.76. The zero-order valence-corrected chi connectivity index (χ0v) is 8.80. The minimum Gasteiger partial charge on any atom is -0.504 e. The van der Waals surface area contributed by atoms with Crippen LogP contribution in [-0.2, 0) is 11.2 Å². The Balaban J connectivity index is 2.70. The lowest BCUT2D eigenvalue weighted by atomic mass is 10.1. The van der Waals surface area contributed by atoms with Gasteiger partial charge in [0.1, 0.15) is 6.29 Å². The highest BCUT2D eigenvalue weighted by molar-refractivity contribution is 5.87. The molecule has 0 spiro atoms. The van der Waals surface area contributed by atoms with E-state index in [1.54, 1.807) is 18.3 Å². The van der Waals surface area contributed by atoms with E-state index >= 15 is 0 Å². The van der Waals surface area contributed by atoms with E-state index in [-0.39, 0.29) is 5.75 Å². The molecule has 0 atom stereocenters. The van der Waals surface area contributed by atoms with Crippen LogP contribution in [0.25, 0.3) is 10.9 Å². The highest BCUT2D eigenvalue weighted by Gasteiger charge is 2.07. The molecule has 2 rings (SSSR count). The van der Waals surface area contributed by atoms with Gasteiger partial charge in [0, 0.05) is 24.1 Å². The molecule has 0 aliphatic carbocycles. The Labute approximate surface area is 92.5 Å². The summed E-state index contributed by atoms with van der Waals surface area (Å²) in [5.41, 5.74) is 1.52. The smallest absolute Gasteiger partial charge is 0.161 e. The number of methoxy groups -OCH3 is 1. The van der Waals surface area contributed by atoms with Gasteiger partial charge < -0.3 is 14.6 Å². The fraction of sp³-hybridized carbons (Fsp3) is 0.167. The summed E-state index contributed by atoms with van der Waals surface area (Å²) < 4.78 is 5.02. The Kier molecular flexibility index (Phi) is 2.72. The topological polar surface area (TPSA) is 59.4 Å². The molecule has 0 radical (unpaired) electrons. The van der Waals surface area contributed by atoms with Crippen molar-refractivity contribution in [3.8, 4) is 11.5 Å². The molecule has 0 unspecified atom stereocenters. The van der Waals surface area contributed by atoms with E-state index < -0.39 is 0 Å². The molecule has 0 aliphatic heterocycles. The maximum absolute atomic E-state index is 10.5. The Bertz CT molecular complexity index is 537. The van der Waals surface area contributed by atoms with Crippen molar-refractivity contribution in [3.63, 3.8) is 0 Å². The molecule has 1 heterocycles. The maximum atomic E-state index is 10.5. The normalized spacial score (nSPS) is 10.3. The third-order valence-corrected chi connectivity index (χ3v) is 2.44. The van der Waals surface area contributed by atoms with Crippen molar-refractivity contribution < 1.29 is 14.6 Å². The summed E-state index contributed by atoms with van der Waals surface area (Å²) in [7, 11) is 1.48. The number of pyridine rings is 1. The molecule has 0 saturated heterocycles. The van der Waals surface area contributed by atoms with E-state index in [9.17, 15) is 9.90 Å². The number of ether oxygens (including phenoxy) is 1. The average Bonchev–Trinajstić information content (AvgIpc) is 2.29. The molecule has 0 bridgehead atoms. The van der Waals surface area contributed by atoms with Crippen LogP contribution in [0.4, 0.5) is 0 Å². The number of rotatable bonds is 3. The van der Waals surface area contributed by atoms with Crippen LogP contribution in [0.15, 0.2) is 24.4 Å². The van der Waals surface area contributed by atoms with E-state index in [2.05, 4.69) is 4.98 Å². The van der Waals surface area contributed by atoms with Crippen molar-refractivity contribution in [2.24, 2.45) is 0 Å². The molecule has 0 aliphatic rings. The number of carbonyl (C=O) groups is 1. The van der Waals surface area contributed by atoms with Gasteiger partial charge >= 0.3 is 0 Å². The van der Waals surface area contributed by atoms with Gasteiger partial charge in [0.2, 0.25) is 0 Å². The zero-order chi connectivity index (χ0) is 11.5. The molecule has 1 aromatic heterocycles. The van der Waals surface area contributed by atoms with E-state index in [0.29, 0.717) is 17.7 Å². The molecular weight excluding hydrogens is 206 g/mol. The van der Waals surface area contributed by atoms with Gasteiger partial charge in [-0.1, -0.05) is 0 Å². The first-order valence-corrected chi connectivity index (χ1v) is 4.84. The fourth-order valence-electron chi connectivity index (χ4n) is 1.65. The van der Waals surface area contributed by atoms with Crippen LogP contribution in [0.3, 0.4) is 0 Å². The van der Waals surface area contributed by atoms with Crippen molar-refractivity contribution in [1.82, 2.24) is 4.98 Å². The molecule has 16 heavy (non-hydrogen) atoms. The first kappa shape index (κ1) is 10.4. The number of phenolic OH excluding ortho intramolecular Hbond substituents is 1. The van der Waals surface area contributed by atoms with E-state index in [0.717, 1.165) is 17.2 Å². The summed E-state index contributed by atoms with van der Waals surface area (Å²) in [6.07, 6.45) is 2.79. The van der Waals surface area contributed by atoms with Gasteiger partial charge in [-0.3, -0.25) is 4.98 Å². The average molecular weight is 217 g/mol. The Hall–Kier alpha value is -2.10. The van der Waals surface area contributed by atoms with Crippen molar-refractivity contribution in [2.45, 2.75) is 6.42 Å². The first-order valence-electron chi connectivity index (χ1n) is 4.84. The number of fused-ring (bicyclic) bond motifs is 1. The minimum atomic E-state index is 0.0470. The molecular formula is C12H11NO3. The van der Waals surface area contributed by atoms with Crippen LogP contribution < -0.4 is 4.74 Å². The quantitative estimate of drug-likeness (QED) is 0.795. The standard InChI is InChI=1S/C12H11NO3/c1-16-12-6-9-8(3-5-14)2-4-13-10(9)7-11(12)15/h2,4-7,15H,3H2,1H3. The lowest BCUT2D eigenvalue weighted by molar-refractivity contribution is -0.107. The van der Waals surface area contributed by atoms with Crippen LogP contribution in [0.2, 0.25) is 0 Å². The number of hydrogen-bond acceptors (Lipinski definition) is 4. The summed E-state index contributed by atoms with van der Waals surface area (Å²) in [4.78, 5) is 14.7. The molecule has 1 aromatic carbocycles. The summed E-state index contributed by atoms with van der Waals surface area (Å²) in [5.74, 6) is 0.429. The predicted octanol–water partition coefficient (Wildman–Crippen LogP) is 1.69. The van der Waals surface area contributed by atoms with Crippen molar-refractivity contribution in [1.29, 1.82) is 0 Å². The Morgan fingerprint density at radius 2 is 2.31 bits per heavy atom. The Morgan fingerprint density at radius 1 is 1.50 bits per heavy atom. The van der Waals surface area contributed by atoms with Gasteiger partial charge in [-0.25, -0.2) is 0 Å². The second-order valence-corrected chi connectivity index (χ2v) is 3.38. The van der Waals surface area contributed by atoms with Gasteiger partial charge in [0.15, 0.2) is 11.5 Å². The molecule has 82 valence electrons. The number of aromatic hydroxyl groups is 1. The number of nitrogens with zero attached hydrogens (tertiary/aromatic N) is 1. The number of aromatic nitrogens is 1. The van der Waals surface area contributed by atoms with Crippen LogP contribution in [0.5, 0.6) is 11.5 Å². The number of hydrogen-bond donors (Lipinski definition) is 1. The van der Waals surface area contributed by atoms with Crippen LogP contribution >= 0.6 is 0 Å². The molecule has 0 amide bonds. The minimum absolute atomic E-state index is 0.0470. The van der Waals surface area contributed by atoms with E-state index in [1.807, 2.05) is 0 Å². The second-order valence-electron chi connectivity index (χ2n) is 3.38. The number of phenols is 1. The van der Waals surface area contributed by atoms with Gasteiger partial charge in [-0.2, -0.15) is 0 Å². The zero-order valence-electron chi connectivity index (χ0n) is 8.80. The van der Waals surface area contributed by atoms with Crippen LogP contribution in [0.1, 0.15) is 5.56 Å². The van der Waals surface area contributed by atoms with Gasteiger partial charge in [-0.05, 0) is 17.7 Å². The summed E-state index contributed by atoms with van der Waals surface area (Å²) in [6.45, 7) is 0. The summed E-state index contributed by atoms with van der Waals surface area (Å²) >= 11 is 0. The van der Waals surface area contributed by atoms with E-state index in [4.69, 9.17) is 4.74 Å². The molecule has 4 heteroatoms. The third kappa shape index (κ3) is 1.69. The molecule has 4 nitrogen and oxygen atoms in total. The van der Waals surface area contributed by atoms with E-state index in [1.165, 1.54) is 13.2 Å². The van der Waals surface area contributed by atoms with Crippen LogP contribution in [-0.4, -0.2) is 23.5 Å². The van der Waals surface area contributed by atoms with Gasteiger partial charge in [0.25, 0.3) is 0 Å². The van der Waals surface area contributed by atoms with Crippen molar-refractivity contribution in [2.75, 3.05) is 7.11 Å². The second kappa shape index (κ2) is 4.18. The summed E-state index contributed by atoms with van der Waals surface area (Å²) in [5, 5.41) is 10.4. The highest BCUT2D eigenvalue weighted by Crippen LogP contribution is 2.31. The number of benzene rings is 1. The summed E-state index contributed by atoms with van der Waals surface area (Å²) in [6, 6.07) is 5.01. The Morgan fingerprint density at radius 3 is 3.00 bits per heavy atom. The van der Waals surface area contributed by atoms with Crippen molar-refractivity contribution in [3.05, 3.63) is 30.0 Å². The number of carbonyl (C=O) groups excluding carboxylic acids is 1. The largest absolute Gasteiger partial charge is 0.504 e. The molecule has 0 fully saturated rings. The molecule has 1 N–H and O–H groups in total. The van der Waals surface area contributed by atoms with Crippen molar-refractivity contribution >= 4 is 17.2 Å². The highest BCUT2D eigenvalue weighted by atomic mass is 16.5. The third-order valence-electron chi connectivity index (χ3n) is 2.44. The molecule has 0 saturated carbocycles. The monoisotopic (exact) mass is 217 g/mol. The lowest BCUT2D eigenvalue weighted by Crippen LogP contribution is -1.92. The van der Waals surface area contributed by atoms with Gasteiger partial charge in [-0.15, -0.1) is 0 Å². The maximum Gasteiger partial charge on any atom is 0.161 e. The molecule has 2 aromatic rings. The van der Waals surface area contributed by atoms with Gasteiger partial charge in [0.05, 0.1) is 12.6 Å². The van der Waals surface area contributed by atoms with Crippen LogP contribution in [0, 0.1) is 0 Å². The lowest BCUT2D eigenvalue weighted by Gasteiger charge is -2.07. The predicted molar refractivity (Wildman–Crippen MR) is 59.7 cm³/mol. The SMILES string of the molecule is COc1cc2c(CC=O)ccnc2cc1O. The number of aldehydes is 1.